The highest BCUT2D eigenvalue weighted by Crippen LogP contribution is 2.52. The number of aliphatic hydroxyl groups is 2. The summed E-state index contributed by atoms with van der Waals surface area (Å²) >= 11 is 0. The molecule has 1 heterocycles. The van der Waals surface area contributed by atoms with Crippen LogP contribution in [0.15, 0.2) is 30.4 Å². The third-order valence-corrected chi connectivity index (χ3v) is 6.50. The molecule has 2 N–H and O–H groups in total. The molecule has 0 unspecified atom stereocenters. The van der Waals surface area contributed by atoms with Gasteiger partial charge in [0.1, 0.15) is 11.9 Å². The fraction of sp³-hybridized carbons (Fsp3) is 0.615. The number of hydrogen-bond acceptors (Lipinski definition) is 4. The highest BCUT2D eigenvalue weighted by molar-refractivity contribution is 5.49. The number of ether oxygens (including phenoxy) is 1. The van der Waals surface area contributed by atoms with Crippen LogP contribution in [0, 0.1) is 23.7 Å². The summed E-state index contributed by atoms with van der Waals surface area (Å²) in [6.07, 6.45) is 7.54. The largest absolute Gasteiger partial charge is 0.489 e. The average molecular weight is 412 g/mol. The van der Waals surface area contributed by atoms with Gasteiger partial charge in [-0.3, -0.25) is 0 Å². The number of fused-ring (bicyclic) bond motifs is 3. The van der Waals surface area contributed by atoms with E-state index in [-0.39, 0.29) is 23.9 Å². The Morgan fingerprint density at radius 2 is 2.10 bits per heavy atom. The van der Waals surface area contributed by atoms with Gasteiger partial charge in [-0.25, -0.2) is 0 Å². The third kappa shape index (κ3) is 5.27. The minimum Gasteiger partial charge on any atom is -0.489 e. The van der Waals surface area contributed by atoms with Crippen LogP contribution in [0.5, 0.6) is 5.75 Å². The van der Waals surface area contributed by atoms with E-state index in [1.165, 1.54) is 17.5 Å². The lowest BCUT2D eigenvalue weighted by Gasteiger charge is -2.19. The minimum atomic E-state index is -0.554. The van der Waals surface area contributed by atoms with Crippen molar-refractivity contribution < 1.29 is 14.9 Å². The van der Waals surface area contributed by atoms with Crippen LogP contribution in [-0.4, -0.2) is 54.1 Å². The zero-order valence-corrected chi connectivity index (χ0v) is 18.8. The van der Waals surface area contributed by atoms with Gasteiger partial charge in [-0.1, -0.05) is 37.3 Å². The van der Waals surface area contributed by atoms with E-state index >= 15 is 0 Å². The van der Waals surface area contributed by atoms with Gasteiger partial charge in [0, 0.05) is 30.2 Å². The van der Waals surface area contributed by atoms with E-state index in [9.17, 15) is 10.2 Å². The van der Waals surface area contributed by atoms with Gasteiger partial charge in [-0.05, 0) is 58.3 Å². The molecule has 0 saturated heterocycles. The van der Waals surface area contributed by atoms with Crippen LogP contribution in [0.3, 0.4) is 0 Å². The molecule has 6 atom stereocenters. The molecular formula is C26H37NO3. The summed E-state index contributed by atoms with van der Waals surface area (Å²) in [5.74, 6) is 7.16. The maximum atomic E-state index is 10.7. The fourth-order valence-electron chi connectivity index (χ4n) is 4.72. The first-order valence-electron chi connectivity index (χ1n) is 11.3. The topological polar surface area (TPSA) is 52.9 Å². The minimum absolute atomic E-state index is 0.0214. The fourth-order valence-corrected chi connectivity index (χ4v) is 4.72. The second-order valence-electron chi connectivity index (χ2n) is 9.14. The monoisotopic (exact) mass is 411 g/mol. The average Bonchev–Trinajstić information content (AvgIpc) is 3.22. The van der Waals surface area contributed by atoms with Crippen LogP contribution in [0.2, 0.25) is 0 Å². The molecule has 0 radical (unpaired) electrons. The van der Waals surface area contributed by atoms with Crippen molar-refractivity contribution in [2.45, 2.75) is 70.2 Å². The lowest BCUT2D eigenvalue weighted by atomic mass is 9.86. The molecule has 3 rings (SSSR count). The van der Waals surface area contributed by atoms with Crippen LogP contribution in [0.1, 0.15) is 56.6 Å². The predicted molar refractivity (Wildman–Crippen MR) is 122 cm³/mol. The molecule has 0 amide bonds. The van der Waals surface area contributed by atoms with Crippen molar-refractivity contribution >= 4 is 0 Å². The number of hydrogen-bond donors (Lipinski definition) is 2. The number of nitrogens with zero attached hydrogens (tertiary/aromatic N) is 1. The number of aryl methyl sites for hydroxylation is 1. The molecule has 0 aromatic heterocycles. The quantitative estimate of drug-likeness (QED) is 0.369. The van der Waals surface area contributed by atoms with Gasteiger partial charge in [0.15, 0.2) is 0 Å². The van der Waals surface area contributed by atoms with E-state index in [4.69, 9.17) is 4.74 Å². The molecule has 1 aliphatic heterocycles. The Morgan fingerprint density at radius 1 is 1.30 bits per heavy atom. The molecule has 1 saturated carbocycles. The summed E-state index contributed by atoms with van der Waals surface area (Å²) in [4.78, 5) is 2.22. The second kappa shape index (κ2) is 10.5. The second-order valence-corrected chi connectivity index (χ2v) is 9.14. The number of benzene rings is 1. The van der Waals surface area contributed by atoms with Crippen molar-refractivity contribution in [2.75, 3.05) is 20.6 Å². The molecule has 1 aromatic carbocycles. The Bertz CT molecular complexity index is 791. The summed E-state index contributed by atoms with van der Waals surface area (Å²) < 4.78 is 6.36. The van der Waals surface area contributed by atoms with E-state index in [1.54, 1.807) is 0 Å². The Kier molecular flexibility index (Phi) is 7.99. The first-order valence-corrected chi connectivity index (χ1v) is 11.3. The zero-order valence-electron chi connectivity index (χ0n) is 18.8. The highest BCUT2D eigenvalue weighted by Gasteiger charge is 2.48. The number of aliphatic hydroxyl groups excluding tert-OH is 2. The van der Waals surface area contributed by atoms with Crippen LogP contribution >= 0.6 is 0 Å². The SMILES string of the molecule is CC#CC[C@H](C)[C@H](O)/C=C/[C@@H]1[C@H]2c3cccc(CCCCN(C)C)c3O[C@H]2C[C@H]1O. The molecule has 1 fully saturated rings. The lowest BCUT2D eigenvalue weighted by molar-refractivity contribution is 0.134. The number of para-hydroxylation sites is 1. The van der Waals surface area contributed by atoms with E-state index in [2.05, 4.69) is 49.0 Å². The van der Waals surface area contributed by atoms with Crippen LogP contribution in [0.4, 0.5) is 0 Å². The van der Waals surface area contributed by atoms with Crippen molar-refractivity contribution in [1.29, 1.82) is 0 Å². The van der Waals surface area contributed by atoms with Gasteiger partial charge < -0.3 is 19.8 Å². The summed E-state index contributed by atoms with van der Waals surface area (Å²) in [5.41, 5.74) is 2.50. The van der Waals surface area contributed by atoms with Gasteiger partial charge in [0.25, 0.3) is 0 Å². The summed E-state index contributed by atoms with van der Waals surface area (Å²) in [6, 6.07) is 6.45. The normalized spacial score (nSPS) is 26.8. The smallest absolute Gasteiger partial charge is 0.126 e. The van der Waals surface area contributed by atoms with E-state index in [0.717, 1.165) is 25.1 Å². The number of rotatable bonds is 9. The van der Waals surface area contributed by atoms with Gasteiger partial charge >= 0.3 is 0 Å². The van der Waals surface area contributed by atoms with E-state index in [0.29, 0.717) is 12.8 Å². The molecule has 4 heteroatoms. The molecule has 2 aliphatic rings. The Morgan fingerprint density at radius 3 is 2.83 bits per heavy atom. The lowest BCUT2D eigenvalue weighted by Crippen LogP contribution is -2.19. The van der Waals surface area contributed by atoms with Crippen molar-refractivity contribution in [1.82, 2.24) is 4.90 Å². The van der Waals surface area contributed by atoms with Crippen LogP contribution in [-0.2, 0) is 6.42 Å². The van der Waals surface area contributed by atoms with Gasteiger partial charge in [-0.2, -0.15) is 0 Å². The summed E-state index contributed by atoms with van der Waals surface area (Å²) in [5, 5.41) is 21.1. The molecular weight excluding hydrogens is 374 g/mol. The maximum Gasteiger partial charge on any atom is 0.126 e. The van der Waals surface area contributed by atoms with Crippen molar-refractivity contribution in [2.24, 2.45) is 11.8 Å². The molecule has 30 heavy (non-hydrogen) atoms. The third-order valence-electron chi connectivity index (χ3n) is 6.50. The van der Waals surface area contributed by atoms with Gasteiger partial charge in [-0.15, -0.1) is 11.8 Å². The summed E-state index contributed by atoms with van der Waals surface area (Å²) in [6.45, 7) is 4.92. The Balaban J connectivity index is 1.70. The van der Waals surface area contributed by atoms with Crippen molar-refractivity contribution in [3.05, 3.63) is 41.5 Å². The van der Waals surface area contributed by atoms with E-state index < -0.39 is 12.2 Å². The van der Waals surface area contributed by atoms with Crippen molar-refractivity contribution in [3.8, 4) is 17.6 Å². The zero-order chi connectivity index (χ0) is 21.7. The van der Waals surface area contributed by atoms with E-state index in [1.807, 2.05) is 26.0 Å². The summed E-state index contributed by atoms with van der Waals surface area (Å²) in [7, 11) is 4.22. The van der Waals surface area contributed by atoms with Gasteiger partial charge in [0.2, 0.25) is 0 Å². The highest BCUT2D eigenvalue weighted by atomic mass is 16.5. The Hall–Kier alpha value is -1.80. The van der Waals surface area contributed by atoms with Gasteiger partial charge in [0.05, 0.1) is 12.2 Å². The molecule has 0 spiro atoms. The van der Waals surface area contributed by atoms with Crippen LogP contribution in [0.25, 0.3) is 0 Å². The number of unbranched alkanes of at least 4 members (excludes halogenated alkanes) is 1. The maximum absolute atomic E-state index is 10.7. The Labute approximate surface area is 181 Å². The molecule has 4 nitrogen and oxygen atoms in total. The standard InChI is InChI=1S/C26H37NO3/c1-5-6-10-18(2)22(28)15-14-20-23(29)17-24-25(20)21-13-9-12-19(26(21)30-24)11-7-8-16-27(3)4/h9,12-15,18,20,22-25,28-29H,7-8,10-11,16-17H2,1-4H3/b15-14+/t18-,20-,22+,23+,24-,25-/m0/s1. The first kappa shape index (κ1) is 22.9. The van der Waals surface area contributed by atoms with Crippen molar-refractivity contribution in [3.63, 3.8) is 0 Å². The van der Waals surface area contributed by atoms with Crippen LogP contribution < -0.4 is 4.74 Å². The first-order chi connectivity index (χ1) is 14.4. The molecule has 1 aromatic rings. The molecule has 1 aliphatic carbocycles. The molecule has 164 valence electrons. The molecule has 0 bridgehead atoms. The predicted octanol–water partition coefficient (Wildman–Crippen LogP) is 3.76.